The number of benzene rings is 1. The predicted octanol–water partition coefficient (Wildman–Crippen LogP) is 4.52. The lowest BCUT2D eigenvalue weighted by molar-refractivity contribution is -0.152. The van der Waals surface area contributed by atoms with Gasteiger partial charge >= 0.3 is 5.97 Å². The number of hydrogen-bond acceptors (Lipinski definition) is 2. The second-order valence-electron chi connectivity index (χ2n) is 6.20. The Hall–Kier alpha value is -1.51. The predicted molar refractivity (Wildman–Crippen MR) is 83.5 cm³/mol. The Morgan fingerprint density at radius 2 is 1.95 bits per heavy atom. The highest BCUT2D eigenvalue weighted by molar-refractivity contribution is 5.74. The number of carbonyl (C=O) groups is 1. The summed E-state index contributed by atoms with van der Waals surface area (Å²) in [6.07, 6.45) is 6.47. The highest BCUT2D eigenvalue weighted by Crippen LogP contribution is 2.43. The van der Waals surface area contributed by atoms with Crippen molar-refractivity contribution in [1.82, 2.24) is 0 Å². The van der Waals surface area contributed by atoms with E-state index in [1.807, 2.05) is 30.3 Å². The smallest absolute Gasteiger partial charge is 0.309 e. The summed E-state index contributed by atoms with van der Waals surface area (Å²) in [5.41, 5.74) is -0.508. The number of carboxylic acids is 1. The molecule has 0 atom stereocenters. The van der Waals surface area contributed by atoms with Gasteiger partial charge in [-0.15, -0.1) is 0 Å². The second-order valence-corrected chi connectivity index (χ2v) is 6.20. The molecule has 1 aliphatic carbocycles. The van der Waals surface area contributed by atoms with E-state index in [9.17, 15) is 9.90 Å². The SMILES string of the molecule is CCC1CCC(CCCOc2ccccc2)(C(=O)O)CC1. The van der Waals surface area contributed by atoms with Crippen LogP contribution in [0.15, 0.2) is 30.3 Å². The molecule has 0 spiro atoms. The Balaban J connectivity index is 1.80. The molecule has 0 aromatic heterocycles. The topological polar surface area (TPSA) is 46.5 Å². The maximum atomic E-state index is 11.7. The van der Waals surface area contributed by atoms with Gasteiger partial charge in [-0.3, -0.25) is 4.79 Å². The van der Waals surface area contributed by atoms with Gasteiger partial charge in [-0.1, -0.05) is 31.5 Å². The largest absolute Gasteiger partial charge is 0.494 e. The third-order valence-corrected chi connectivity index (χ3v) is 4.90. The van der Waals surface area contributed by atoms with Gasteiger partial charge in [0.2, 0.25) is 0 Å². The maximum Gasteiger partial charge on any atom is 0.309 e. The van der Waals surface area contributed by atoms with Crippen LogP contribution in [0.25, 0.3) is 0 Å². The fourth-order valence-electron chi connectivity index (χ4n) is 3.33. The quantitative estimate of drug-likeness (QED) is 0.751. The van der Waals surface area contributed by atoms with Gasteiger partial charge < -0.3 is 9.84 Å². The first-order chi connectivity index (χ1) is 10.2. The lowest BCUT2D eigenvalue weighted by Crippen LogP contribution is -2.35. The fraction of sp³-hybridized carbons (Fsp3) is 0.611. The van der Waals surface area contributed by atoms with Gasteiger partial charge in [0, 0.05) is 0 Å². The number of carboxylic acid groups (broad SMARTS) is 1. The summed E-state index contributed by atoms with van der Waals surface area (Å²) >= 11 is 0. The van der Waals surface area contributed by atoms with E-state index in [4.69, 9.17) is 4.74 Å². The van der Waals surface area contributed by atoms with Crippen molar-refractivity contribution in [2.24, 2.45) is 11.3 Å². The van der Waals surface area contributed by atoms with Crippen LogP contribution in [-0.2, 0) is 4.79 Å². The molecule has 2 rings (SSSR count). The number of para-hydroxylation sites is 1. The third kappa shape index (κ3) is 4.23. The van der Waals surface area contributed by atoms with Crippen molar-refractivity contribution >= 4 is 5.97 Å². The van der Waals surface area contributed by atoms with Crippen LogP contribution in [0.1, 0.15) is 51.9 Å². The van der Waals surface area contributed by atoms with Crippen LogP contribution in [0.5, 0.6) is 5.75 Å². The fourth-order valence-corrected chi connectivity index (χ4v) is 3.33. The molecule has 1 saturated carbocycles. The summed E-state index contributed by atoms with van der Waals surface area (Å²) in [5, 5.41) is 9.62. The van der Waals surface area contributed by atoms with Crippen molar-refractivity contribution in [3.8, 4) is 5.75 Å². The average Bonchev–Trinajstić information content (AvgIpc) is 2.53. The molecule has 0 heterocycles. The van der Waals surface area contributed by atoms with E-state index in [2.05, 4.69) is 6.92 Å². The normalized spacial score (nSPS) is 25.5. The summed E-state index contributed by atoms with van der Waals surface area (Å²) in [6, 6.07) is 9.71. The van der Waals surface area contributed by atoms with Crippen LogP contribution < -0.4 is 4.74 Å². The lowest BCUT2D eigenvalue weighted by Gasteiger charge is -2.36. The Morgan fingerprint density at radius 3 is 2.52 bits per heavy atom. The van der Waals surface area contributed by atoms with Crippen LogP contribution >= 0.6 is 0 Å². The van der Waals surface area contributed by atoms with Crippen molar-refractivity contribution in [3.63, 3.8) is 0 Å². The molecule has 0 aliphatic heterocycles. The Kier molecular flexibility index (Phi) is 5.66. The third-order valence-electron chi connectivity index (χ3n) is 4.90. The van der Waals surface area contributed by atoms with E-state index in [1.54, 1.807) is 0 Å². The molecule has 0 saturated heterocycles. The molecule has 0 bridgehead atoms. The van der Waals surface area contributed by atoms with E-state index in [1.165, 1.54) is 6.42 Å². The van der Waals surface area contributed by atoms with E-state index in [0.717, 1.165) is 50.2 Å². The van der Waals surface area contributed by atoms with Crippen LogP contribution in [-0.4, -0.2) is 17.7 Å². The van der Waals surface area contributed by atoms with E-state index < -0.39 is 11.4 Å². The standard InChI is InChI=1S/C18H26O3/c1-2-15-9-12-18(13-10-15,17(19)20)11-6-14-21-16-7-4-3-5-8-16/h3-5,7-8,15H,2,6,9-14H2,1H3,(H,19,20). The summed E-state index contributed by atoms with van der Waals surface area (Å²) < 4.78 is 5.67. The average molecular weight is 290 g/mol. The molecule has 1 fully saturated rings. The van der Waals surface area contributed by atoms with Crippen LogP contribution in [0.2, 0.25) is 0 Å². The molecule has 21 heavy (non-hydrogen) atoms. The monoisotopic (exact) mass is 290 g/mol. The van der Waals surface area contributed by atoms with Gasteiger partial charge in [0.05, 0.1) is 12.0 Å². The molecule has 1 N–H and O–H groups in total. The van der Waals surface area contributed by atoms with Gasteiger partial charge in [-0.05, 0) is 56.6 Å². The Labute approximate surface area is 127 Å². The second kappa shape index (κ2) is 7.48. The summed E-state index contributed by atoms with van der Waals surface area (Å²) in [7, 11) is 0. The summed E-state index contributed by atoms with van der Waals surface area (Å²) in [4.78, 5) is 11.7. The molecular formula is C18H26O3. The molecule has 1 aliphatic rings. The molecular weight excluding hydrogens is 264 g/mol. The Morgan fingerprint density at radius 1 is 1.29 bits per heavy atom. The van der Waals surface area contributed by atoms with E-state index >= 15 is 0 Å². The first-order valence-corrected chi connectivity index (χ1v) is 8.07. The molecule has 3 heteroatoms. The molecule has 3 nitrogen and oxygen atoms in total. The minimum atomic E-state index is -0.614. The number of hydrogen-bond donors (Lipinski definition) is 1. The van der Waals surface area contributed by atoms with Crippen LogP contribution in [0, 0.1) is 11.3 Å². The first-order valence-electron chi connectivity index (χ1n) is 8.07. The van der Waals surface area contributed by atoms with Gasteiger partial charge in [-0.2, -0.15) is 0 Å². The number of ether oxygens (including phenoxy) is 1. The van der Waals surface area contributed by atoms with Crippen molar-refractivity contribution in [2.75, 3.05) is 6.61 Å². The summed E-state index contributed by atoms with van der Waals surface area (Å²) in [5.74, 6) is 0.964. The minimum absolute atomic E-state index is 0.508. The van der Waals surface area contributed by atoms with Crippen LogP contribution in [0.4, 0.5) is 0 Å². The molecule has 0 radical (unpaired) electrons. The molecule has 0 unspecified atom stereocenters. The molecule has 1 aromatic rings. The highest BCUT2D eigenvalue weighted by atomic mass is 16.5. The molecule has 116 valence electrons. The van der Waals surface area contributed by atoms with Crippen molar-refractivity contribution in [2.45, 2.75) is 51.9 Å². The van der Waals surface area contributed by atoms with Gasteiger partial charge in [0.1, 0.15) is 5.75 Å². The highest BCUT2D eigenvalue weighted by Gasteiger charge is 2.40. The first kappa shape index (κ1) is 15.9. The Bertz CT molecular complexity index is 433. The minimum Gasteiger partial charge on any atom is -0.494 e. The molecule has 1 aromatic carbocycles. The van der Waals surface area contributed by atoms with Crippen LogP contribution in [0.3, 0.4) is 0 Å². The zero-order valence-electron chi connectivity index (χ0n) is 12.9. The van der Waals surface area contributed by atoms with Crippen molar-refractivity contribution in [1.29, 1.82) is 0 Å². The van der Waals surface area contributed by atoms with Gasteiger partial charge in [-0.25, -0.2) is 0 Å². The van der Waals surface area contributed by atoms with E-state index in [-0.39, 0.29) is 0 Å². The number of aliphatic carboxylic acids is 1. The maximum absolute atomic E-state index is 11.7. The number of rotatable bonds is 7. The summed E-state index contributed by atoms with van der Waals surface area (Å²) in [6.45, 7) is 2.79. The zero-order chi connectivity index (χ0) is 15.1. The van der Waals surface area contributed by atoms with Gasteiger partial charge in [0.25, 0.3) is 0 Å². The van der Waals surface area contributed by atoms with Gasteiger partial charge in [0.15, 0.2) is 0 Å². The molecule has 0 amide bonds. The lowest BCUT2D eigenvalue weighted by atomic mass is 9.67. The zero-order valence-corrected chi connectivity index (χ0v) is 12.9. The van der Waals surface area contributed by atoms with Crippen molar-refractivity contribution < 1.29 is 14.6 Å². The van der Waals surface area contributed by atoms with Crippen molar-refractivity contribution in [3.05, 3.63) is 30.3 Å². The van der Waals surface area contributed by atoms with E-state index in [0.29, 0.717) is 6.61 Å².